The van der Waals surface area contributed by atoms with Gasteiger partial charge in [0.05, 0.1) is 0 Å². The van der Waals surface area contributed by atoms with E-state index in [1.54, 1.807) is 0 Å². The molecule has 0 aromatic heterocycles. The Morgan fingerprint density at radius 3 is 2.73 bits per heavy atom. The van der Waals surface area contributed by atoms with Crippen LogP contribution in [0, 0.1) is 0 Å². The van der Waals surface area contributed by atoms with Crippen LogP contribution >= 0.6 is 12.6 Å². The molecule has 0 saturated heterocycles. The molecule has 0 bridgehead atoms. The van der Waals surface area contributed by atoms with Gasteiger partial charge < -0.3 is 5.32 Å². The highest BCUT2D eigenvalue weighted by Gasteiger charge is 1.93. The molecule has 1 rings (SSSR count). The number of hydrogen-bond acceptors (Lipinski definition) is 2. The summed E-state index contributed by atoms with van der Waals surface area (Å²) in [6, 6.07) is 8.02. The summed E-state index contributed by atoms with van der Waals surface area (Å²) >= 11 is 4.31. The lowest BCUT2D eigenvalue weighted by Gasteiger charge is -2.05. The highest BCUT2D eigenvalue weighted by Crippen LogP contribution is 2.17. The van der Waals surface area contributed by atoms with Crippen LogP contribution in [0.1, 0.15) is 13.3 Å². The molecule has 0 aliphatic rings. The molecule has 0 saturated carbocycles. The first-order valence-electron chi connectivity index (χ1n) is 3.86. The van der Waals surface area contributed by atoms with Gasteiger partial charge in [0.15, 0.2) is 0 Å². The van der Waals surface area contributed by atoms with Crippen molar-refractivity contribution in [2.24, 2.45) is 0 Å². The number of para-hydroxylation sites is 1. The van der Waals surface area contributed by atoms with E-state index in [4.69, 9.17) is 0 Å². The van der Waals surface area contributed by atoms with Gasteiger partial charge in [-0.25, -0.2) is 0 Å². The molecule has 60 valence electrons. The van der Waals surface area contributed by atoms with Crippen molar-refractivity contribution in [3.8, 4) is 0 Å². The first kappa shape index (κ1) is 8.47. The molecule has 0 atom stereocenters. The van der Waals surface area contributed by atoms with Crippen LogP contribution in [-0.2, 0) is 0 Å². The van der Waals surface area contributed by atoms with Gasteiger partial charge in [0.25, 0.3) is 0 Å². The van der Waals surface area contributed by atoms with Crippen LogP contribution in [0.5, 0.6) is 0 Å². The molecule has 2 heteroatoms. The molecule has 1 aromatic rings. The molecule has 1 aromatic carbocycles. The van der Waals surface area contributed by atoms with Crippen LogP contribution in [0.25, 0.3) is 0 Å². The smallest absolute Gasteiger partial charge is 0.0475 e. The van der Waals surface area contributed by atoms with Gasteiger partial charge in [0, 0.05) is 17.1 Å². The van der Waals surface area contributed by atoms with Gasteiger partial charge in [-0.15, -0.1) is 12.6 Å². The second kappa shape index (κ2) is 4.29. The van der Waals surface area contributed by atoms with Gasteiger partial charge in [0.2, 0.25) is 0 Å². The first-order valence-corrected chi connectivity index (χ1v) is 4.31. The predicted molar refractivity (Wildman–Crippen MR) is 52.5 cm³/mol. The molecular weight excluding hydrogens is 154 g/mol. The highest BCUT2D eigenvalue weighted by atomic mass is 32.1. The van der Waals surface area contributed by atoms with E-state index >= 15 is 0 Å². The molecule has 0 spiro atoms. The van der Waals surface area contributed by atoms with Crippen LogP contribution in [0.2, 0.25) is 0 Å². The SMILES string of the molecule is CCCNc1ccccc1S. The Hall–Kier alpha value is -0.630. The van der Waals surface area contributed by atoms with Gasteiger partial charge in [0.1, 0.15) is 0 Å². The van der Waals surface area contributed by atoms with Crippen LogP contribution in [0.15, 0.2) is 29.2 Å². The summed E-state index contributed by atoms with van der Waals surface area (Å²) in [4.78, 5) is 1.01. The van der Waals surface area contributed by atoms with Crippen molar-refractivity contribution in [2.75, 3.05) is 11.9 Å². The van der Waals surface area contributed by atoms with Gasteiger partial charge in [-0.3, -0.25) is 0 Å². The van der Waals surface area contributed by atoms with Crippen molar-refractivity contribution < 1.29 is 0 Å². The third kappa shape index (κ3) is 2.46. The molecule has 0 aliphatic heterocycles. The van der Waals surface area contributed by atoms with E-state index in [0.29, 0.717) is 0 Å². The lowest BCUT2D eigenvalue weighted by atomic mass is 10.3. The summed E-state index contributed by atoms with van der Waals surface area (Å²) in [7, 11) is 0. The standard InChI is InChI=1S/C9H13NS/c1-2-7-10-8-5-3-4-6-9(8)11/h3-6,10-11H,2,7H2,1H3. The fourth-order valence-electron chi connectivity index (χ4n) is 0.883. The van der Waals surface area contributed by atoms with Crippen LogP contribution in [0.4, 0.5) is 5.69 Å². The summed E-state index contributed by atoms with van der Waals surface area (Å²) in [5.41, 5.74) is 1.12. The lowest BCUT2D eigenvalue weighted by molar-refractivity contribution is 0.975. The maximum absolute atomic E-state index is 4.31. The minimum Gasteiger partial charge on any atom is -0.384 e. The zero-order valence-corrected chi connectivity index (χ0v) is 7.57. The number of rotatable bonds is 3. The summed E-state index contributed by atoms with van der Waals surface area (Å²) in [6.45, 7) is 3.16. The van der Waals surface area contributed by atoms with Gasteiger partial charge in [-0.2, -0.15) is 0 Å². The fourth-order valence-corrected chi connectivity index (χ4v) is 1.12. The van der Waals surface area contributed by atoms with Gasteiger partial charge >= 0.3 is 0 Å². The lowest BCUT2D eigenvalue weighted by Crippen LogP contribution is -1.99. The third-order valence-corrected chi connectivity index (χ3v) is 1.86. The van der Waals surface area contributed by atoms with E-state index < -0.39 is 0 Å². The zero-order chi connectivity index (χ0) is 8.10. The van der Waals surface area contributed by atoms with Crippen molar-refractivity contribution >= 4 is 18.3 Å². The van der Waals surface area contributed by atoms with Crippen molar-refractivity contribution in [1.82, 2.24) is 0 Å². The molecule has 0 fully saturated rings. The highest BCUT2D eigenvalue weighted by molar-refractivity contribution is 7.80. The average molecular weight is 167 g/mol. The number of anilines is 1. The number of hydrogen-bond donors (Lipinski definition) is 2. The van der Waals surface area contributed by atoms with Crippen molar-refractivity contribution in [3.05, 3.63) is 24.3 Å². The summed E-state index contributed by atoms with van der Waals surface area (Å²) < 4.78 is 0. The summed E-state index contributed by atoms with van der Waals surface area (Å²) in [6.07, 6.45) is 1.14. The molecule has 1 N–H and O–H groups in total. The maximum atomic E-state index is 4.31. The minimum atomic E-state index is 1.01. The number of nitrogens with one attached hydrogen (secondary N) is 1. The second-order valence-corrected chi connectivity index (χ2v) is 2.93. The molecule has 0 heterocycles. The largest absolute Gasteiger partial charge is 0.384 e. The zero-order valence-electron chi connectivity index (χ0n) is 6.67. The Kier molecular flexibility index (Phi) is 3.30. The Bertz CT molecular complexity index is 223. The summed E-state index contributed by atoms with van der Waals surface area (Å²) in [5.74, 6) is 0. The van der Waals surface area contributed by atoms with Crippen LogP contribution in [0.3, 0.4) is 0 Å². The Morgan fingerprint density at radius 2 is 2.09 bits per heavy atom. The molecule has 11 heavy (non-hydrogen) atoms. The van der Waals surface area contributed by atoms with E-state index in [-0.39, 0.29) is 0 Å². The summed E-state index contributed by atoms with van der Waals surface area (Å²) in [5, 5.41) is 3.29. The predicted octanol–water partition coefficient (Wildman–Crippen LogP) is 2.80. The normalized spacial score (nSPS) is 9.64. The van der Waals surface area contributed by atoms with E-state index in [1.165, 1.54) is 0 Å². The third-order valence-electron chi connectivity index (χ3n) is 1.47. The quantitative estimate of drug-likeness (QED) is 0.660. The number of thiol groups is 1. The Balaban J connectivity index is 2.62. The van der Waals surface area contributed by atoms with E-state index in [2.05, 4.69) is 24.9 Å². The molecule has 1 nitrogen and oxygen atoms in total. The van der Waals surface area contributed by atoms with Crippen LogP contribution in [-0.4, -0.2) is 6.54 Å². The van der Waals surface area contributed by atoms with Crippen molar-refractivity contribution in [2.45, 2.75) is 18.2 Å². The molecular formula is C9H13NS. The second-order valence-electron chi connectivity index (χ2n) is 2.44. The van der Waals surface area contributed by atoms with E-state index in [9.17, 15) is 0 Å². The monoisotopic (exact) mass is 167 g/mol. The number of benzene rings is 1. The Labute approximate surface area is 73.2 Å². The molecule has 0 radical (unpaired) electrons. The van der Waals surface area contributed by atoms with Gasteiger partial charge in [-0.05, 0) is 18.6 Å². The molecule has 0 unspecified atom stereocenters. The maximum Gasteiger partial charge on any atom is 0.0475 e. The topological polar surface area (TPSA) is 12.0 Å². The van der Waals surface area contributed by atoms with E-state index in [0.717, 1.165) is 23.5 Å². The van der Waals surface area contributed by atoms with Crippen molar-refractivity contribution in [1.29, 1.82) is 0 Å². The minimum absolute atomic E-state index is 1.01. The van der Waals surface area contributed by atoms with Gasteiger partial charge in [-0.1, -0.05) is 19.1 Å². The fraction of sp³-hybridized carbons (Fsp3) is 0.333. The van der Waals surface area contributed by atoms with E-state index in [1.807, 2.05) is 24.3 Å². The van der Waals surface area contributed by atoms with Crippen LogP contribution < -0.4 is 5.32 Å². The average Bonchev–Trinajstić information content (AvgIpc) is 2.03. The molecule has 0 amide bonds. The first-order chi connectivity index (χ1) is 5.34. The Morgan fingerprint density at radius 1 is 1.36 bits per heavy atom. The molecule has 0 aliphatic carbocycles. The van der Waals surface area contributed by atoms with Crippen molar-refractivity contribution in [3.63, 3.8) is 0 Å².